The van der Waals surface area contributed by atoms with E-state index in [0.717, 1.165) is 0 Å². The number of nitrogens with one attached hydrogen (secondary N) is 1. The summed E-state index contributed by atoms with van der Waals surface area (Å²) in [6.45, 7) is 1.74. The molecule has 1 unspecified atom stereocenters. The minimum absolute atomic E-state index is 0.0536. The first kappa shape index (κ1) is 13.1. The molecule has 17 heavy (non-hydrogen) atoms. The fourth-order valence-corrected chi connectivity index (χ4v) is 1.28. The number of hydrogen-bond acceptors (Lipinski definition) is 5. The summed E-state index contributed by atoms with van der Waals surface area (Å²) in [6.07, 6.45) is 0.209. The predicted molar refractivity (Wildman–Crippen MR) is 60.1 cm³/mol. The molecule has 5 nitrogen and oxygen atoms in total. The number of hydrogen-bond donors (Lipinski definition) is 2. The van der Waals surface area contributed by atoms with Gasteiger partial charge in [0.05, 0.1) is 12.5 Å². The number of nitrogen functional groups attached to an aromatic ring is 1. The Morgan fingerprint density at radius 1 is 1.59 bits per heavy atom. The fourth-order valence-electron chi connectivity index (χ4n) is 1.28. The number of pyridine rings is 1. The Morgan fingerprint density at radius 2 is 2.24 bits per heavy atom. The van der Waals surface area contributed by atoms with Gasteiger partial charge in [-0.1, -0.05) is 0 Å². The maximum absolute atomic E-state index is 13.5. The third-order valence-electron chi connectivity index (χ3n) is 2.43. The standard InChI is InChI=1S/C10H13F2N5/c1-6(3-4-13)17(2)10-8(12)5-7(11)9(15-10)16-14/h5-6H,3,14H2,1-2H3,(H,15,16). The predicted octanol–water partition coefficient (Wildman–Crippen LogP) is 1.38. The topological polar surface area (TPSA) is 78.0 Å². The molecule has 0 aliphatic heterocycles. The van der Waals surface area contributed by atoms with Crippen molar-refractivity contribution >= 4 is 11.6 Å². The quantitative estimate of drug-likeness (QED) is 0.615. The van der Waals surface area contributed by atoms with Crippen molar-refractivity contribution in [2.24, 2.45) is 5.84 Å². The first-order valence-corrected chi connectivity index (χ1v) is 4.93. The number of nitrogens with zero attached hydrogens (tertiary/aromatic N) is 3. The molecule has 1 aromatic heterocycles. The molecule has 3 N–H and O–H groups in total. The second kappa shape index (κ2) is 5.41. The van der Waals surface area contributed by atoms with E-state index in [1.807, 2.05) is 11.5 Å². The third-order valence-corrected chi connectivity index (χ3v) is 2.43. The maximum Gasteiger partial charge on any atom is 0.178 e. The number of rotatable bonds is 4. The lowest BCUT2D eigenvalue weighted by molar-refractivity contribution is 0.564. The molecule has 0 aliphatic carbocycles. The zero-order valence-corrected chi connectivity index (χ0v) is 9.54. The summed E-state index contributed by atoms with van der Waals surface area (Å²) in [7, 11) is 1.58. The van der Waals surface area contributed by atoms with E-state index >= 15 is 0 Å². The normalized spacial score (nSPS) is 11.8. The number of halogens is 2. The molecule has 0 aliphatic rings. The van der Waals surface area contributed by atoms with Crippen molar-refractivity contribution < 1.29 is 8.78 Å². The Hall–Kier alpha value is -1.94. The number of hydrazine groups is 1. The van der Waals surface area contributed by atoms with Crippen LogP contribution in [0, 0.1) is 23.0 Å². The average Bonchev–Trinajstić information content (AvgIpc) is 2.29. The molecule has 0 bridgehead atoms. The monoisotopic (exact) mass is 241 g/mol. The van der Waals surface area contributed by atoms with E-state index in [4.69, 9.17) is 11.1 Å². The summed E-state index contributed by atoms with van der Waals surface area (Å²) in [4.78, 5) is 5.18. The first-order valence-electron chi connectivity index (χ1n) is 4.93. The van der Waals surface area contributed by atoms with Crippen molar-refractivity contribution in [2.75, 3.05) is 17.4 Å². The third kappa shape index (κ3) is 2.79. The lowest BCUT2D eigenvalue weighted by atomic mass is 10.2. The molecule has 0 saturated heterocycles. The summed E-state index contributed by atoms with van der Waals surface area (Å²) in [5.41, 5.74) is 2.04. The van der Waals surface area contributed by atoms with Crippen molar-refractivity contribution in [1.82, 2.24) is 4.98 Å². The SMILES string of the molecule is CC(CC#N)N(C)c1nc(NN)c(F)cc1F. The van der Waals surface area contributed by atoms with E-state index in [1.165, 1.54) is 4.90 Å². The van der Waals surface area contributed by atoms with Crippen LogP contribution in [0.15, 0.2) is 6.07 Å². The van der Waals surface area contributed by atoms with Crippen LogP contribution in [0.4, 0.5) is 20.4 Å². The summed E-state index contributed by atoms with van der Waals surface area (Å²) < 4.78 is 26.6. The summed E-state index contributed by atoms with van der Waals surface area (Å²) in [5, 5.41) is 8.56. The Bertz CT molecular complexity index is 443. The molecule has 92 valence electrons. The van der Waals surface area contributed by atoms with E-state index in [9.17, 15) is 8.78 Å². The summed E-state index contributed by atoms with van der Waals surface area (Å²) >= 11 is 0. The van der Waals surface area contributed by atoms with Gasteiger partial charge in [-0.25, -0.2) is 19.6 Å². The molecule has 1 heterocycles. The van der Waals surface area contributed by atoms with Gasteiger partial charge in [0.25, 0.3) is 0 Å². The van der Waals surface area contributed by atoms with E-state index in [0.29, 0.717) is 6.07 Å². The van der Waals surface area contributed by atoms with Crippen LogP contribution in [0.3, 0.4) is 0 Å². The van der Waals surface area contributed by atoms with Gasteiger partial charge in [-0.2, -0.15) is 5.26 Å². The molecule has 0 amide bonds. The van der Waals surface area contributed by atoms with Gasteiger partial charge in [0, 0.05) is 19.2 Å². The summed E-state index contributed by atoms with van der Waals surface area (Å²) in [5.74, 6) is 3.10. The minimum Gasteiger partial charge on any atom is -0.353 e. The van der Waals surface area contributed by atoms with Crippen LogP contribution in [-0.4, -0.2) is 18.1 Å². The Morgan fingerprint density at radius 3 is 2.76 bits per heavy atom. The van der Waals surface area contributed by atoms with Gasteiger partial charge in [-0.15, -0.1) is 0 Å². The molecule has 0 radical (unpaired) electrons. The molecular weight excluding hydrogens is 228 g/mol. The molecule has 0 spiro atoms. The van der Waals surface area contributed by atoms with Crippen molar-refractivity contribution in [3.63, 3.8) is 0 Å². The van der Waals surface area contributed by atoms with Crippen molar-refractivity contribution in [3.05, 3.63) is 17.7 Å². The number of nitrogens with two attached hydrogens (primary N) is 1. The highest BCUT2D eigenvalue weighted by atomic mass is 19.1. The zero-order valence-electron chi connectivity index (χ0n) is 9.54. The highest BCUT2D eigenvalue weighted by molar-refractivity contribution is 5.48. The van der Waals surface area contributed by atoms with E-state index in [2.05, 4.69) is 4.98 Å². The molecule has 1 aromatic rings. The van der Waals surface area contributed by atoms with E-state index < -0.39 is 11.6 Å². The van der Waals surface area contributed by atoms with Crippen LogP contribution < -0.4 is 16.2 Å². The highest BCUT2D eigenvalue weighted by Crippen LogP contribution is 2.22. The number of nitriles is 1. The minimum atomic E-state index is -0.866. The van der Waals surface area contributed by atoms with Crippen LogP contribution in [0.25, 0.3) is 0 Å². The average molecular weight is 241 g/mol. The summed E-state index contributed by atoms with van der Waals surface area (Å²) in [6, 6.07) is 2.43. The Labute approximate surface area is 97.8 Å². The van der Waals surface area contributed by atoms with Crippen molar-refractivity contribution in [1.29, 1.82) is 5.26 Å². The molecule has 1 rings (SSSR count). The zero-order chi connectivity index (χ0) is 13.0. The molecule has 0 saturated carbocycles. The first-order chi connectivity index (χ1) is 8.01. The van der Waals surface area contributed by atoms with Crippen LogP contribution in [-0.2, 0) is 0 Å². The maximum atomic E-state index is 13.5. The highest BCUT2D eigenvalue weighted by Gasteiger charge is 2.18. The van der Waals surface area contributed by atoms with Gasteiger partial charge >= 0.3 is 0 Å². The van der Waals surface area contributed by atoms with Crippen LogP contribution in [0.1, 0.15) is 13.3 Å². The Balaban J connectivity index is 3.09. The van der Waals surface area contributed by atoms with Gasteiger partial charge in [-0.3, -0.25) is 0 Å². The van der Waals surface area contributed by atoms with Gasteiger partial charge in [-0.05, 0) is 6.92 Å². The molecule has 7 heteroatoms. The molecule has 0 fully saturated rings. The second-order valence-electron chi connectivity index (χ2n) is 3.59. The van der Waals surface area contributed by atoms with E-state index in [-0.39, 0.29) is 24.1 Å². The lowest BCUT2D eigenvalue weighted by Crippen LogP contribution is -2.30. The number of aromatic nitrogens is 1. The van der Waals surface area contributed by atoms with Gasteiger partial charge in [0.2, 0.25) is 0 Å². The largest absolute Gasteiger partial charge is 0.353 e. The van der Waals surface area contributed by atoms with Gasteiger partial charge in [0.1, 0.15) is 0 Å². The molecular formula is C10H13F2N5. The van der Waals surface area contributed by atoms with Crippen LogP contribution in [0.5, 0.6) is 0 Å². The van der Waals surface area contributed by atoms with Crippen molar-refractivity contribution in [2.45, 2.75) is 19.4 Å². The van der Waals surface area contributed by atoms with E-state index in [1.54, 1.807) is 14.0 Å². The Kier molecular flexibility index (Phi) is 4.17. The smallest absolute Gasteiger partial charge is 0.178 e. The second-order valence-corrected chi connectivity index (χ2v) is 3.59. The van der Waals surface area contributed by atoms with Crippen molar-refractivity contribution in [3.8, 4) is 6.07 Å². The molecule has 1 atom stereocenters. The number of anilines is 2. The lowest BCUT2D eigenvalue weighted by Gasteiger charge is -2.24. The molecule has 0 aromatic carbocycles. The van der Waals surface area contributed by atoms with Crippen LogP contribution in [0.2, 0.25) is 0 Å². The van der Waals surface area contributed by atoms with Gasteiger partial charge in [0.15, 0.2) is 23.3 Å². The van der Waals surface area contributed by atoms with Crippen LogP contribution >= 0.6 is 0 Å². The fraction of sp³-hybridized carbons (Fsp3) is 0.400. The van der Waals surface area contributed by atoms with Gasteiger partial charge < -0.3 is 10.3 Å².